The van der Waals surface area contributed by atoms with Gasteiger partial charge in [0.05, 0.1) is 18.3 Å². The fraction of sp³-hybridized carbons (Fsp3) is 0.650. The Morgan fingerprint density at radius 3 is 2.76 bits per heavy atom. The molecule has 140 valence electrons. The Morgan fingerprint density at radius 2 is 2.04 bits per heavy atom. The van der Waals surface area contributed by atoms with E-state index in [4.69, 9.17) is 14.6 Å². The summed E-state index contributed by atoms with van der Waals surface area (Å²) in [6, 6.07) is 0. The van der Waals surface area contributed by atoms with E-state index in [2.05, 4.69) is 19.1 Å². The van der Waals surface area contributed by atoms with Crippen LogP contribution in [-0.4, -0.2) is 40.8 Å². The summed E-state index contributed by atoms with van der Waals surface area (Å²) in [5, 5.41) is 18.6. The molecule has 3 aliphatic rings. The molecule has 3 heterocycles. The molecular weight excluding hydrogens is 320 g/mol. The molecule has 0 radical (unpaired) electrons. The molecule has 5 nitrogen and oxygen atoms in total. The van der Waals surface area contributed by atoms with Crippen LogP contribution < -0.4 is 0 Å². The lowest BCUT2D eigenvalue weighted by Gasteiger charge is -2.49. The topological polar surface area (TPSA) is 76.0 Å². The van der Waals surface area contributed by atoms with E-state index < -0.39 is 12.1 Å². The number of aliphatic hydroxyl groups is 1. The molecule has 25 heavy (non-hydrogen) atoms. The molecule has 0 aromatic heterocycles. The first-order valence-electron chi connectivity index (χ1n) is 9.29. The molecule has 0 amide bonds. The highest BCUT2D eigenvalue weighted by molar-refractivity contribution is 5.66. The summed E-state index contributed by atoms with van der Waals surface area (Å²) in [7, 11) is 0. The Hall–Kier alpha value is -1.43. The number of carboxylic acid groups (broad SMARTS) is 1. The van der Waals surface area contributed by atoms with Gasteiger partial charge in [0, 0.05) is 18.8 Å². The maximum absolute atomic E-state index is 10.5. The van der Waals surface area contributed by atoms with Gasteiger partial charge in [-0.2, -0.15) is 0 Å². The van der Waals surface area contributed by atoms with Crippen LogP contribution in [0.4, 0.5) is 0 Å². The molecule has 0 spiro atoms. The smallest absolute Gasteiger partial charge is 0.303 e. The summed E-state index contributed by atoms with van der Waals surface area (Å²) in [6.45, 7) is 2.07. The normalized spacial score (nSPS) is 30.2. The van der Waals surface area contributed by atoms with Crippen molar-refractivity contribution in [1.29, 1.82) is 0 Å². The van der Waals surface area contributed by atoms with Crippen LogP contribution in [0.5, 0.6) is 0 Å². The van der Waals surface area contributed by atoms with Gasteiger partial charge in [0.25, 0.3) is 0 Å². The van der Waals surface area contributed by atoms with Crippen molar-refractivity contribution in [3.63, 3.8) is 0 Å². The molecule has 2 N–H and O–H groups in total. The first kappa shape index (κ1) is 19.9. The summed E-state index contributed by atoms with van der Waals surface area (Å²) in [6.07, 6.45) is 16.6. The number of aliphatic hydroxyl groups excluding tert-OH is 1. The van der Waals surface area contributed by atoms with Gasteiger partial charge >= 0.3 is 5.97 Å². The molecule has 2 bridgehead atoms. The van der Waals surface area contributed by atoms with E-state index in [0.29, 0.717) is 12.8 Å². The molecule has 3 aliphatic heterocycles. The van der Waals surface area contributed by atoms with E-state index in [1.165, 1.54) is 0 Å². The van der Waals surface area contributed by atoms with Crippen LogP contribution in [0.25, 0.3) is 0 Å². The lowest BCUT2D eigenvalue weighted by atomic mass is 9.84. The van der Waals surface area contributed by atoms with Gasteiger partial charge in [-0.1, -0.05) is 43.4 Å². The van der Waals surface area contributed by atoms with Crippen molar-refractivity contribution in [1.82, 2.24) is 0 Å². The Morgan fingerprint density at radius 1 is 1.24 bits per heavy atom. The van der Waals surface area contributed by atoms with Crippen LogP contribution in [0.15, 0.2) is 36.5 Å². The first-order chi connectivity index (χ1) is 12.1. The van der Waals surface area contributed by atoms with Gasteiger partial charge in [-0.25, -0.2) is 0 Å². The molecule has 5 atom stereocenters. The Bertz CT molecular complexity index is 490. The Balaban J connectivity index is 1.79. The average Bonchev–Trinajstić information content (AvgIpc) is 2.55. The van der Waals surface area contributed by atoms with Gasteiger partial charge in [-0.05, 0) is 32.1 Å². The zero-order valence-electron chi connectivity index (χ0n) is 14.9. The summed E-state index contributed by atoms with van der Waals surface area (Å²) in [5.41, 5.74) is 0. The minimum atomic E-state index is -0.750. The van der Waals surface area contributed by atoms with E-state index in [9.17, 15) is 9.90 Å². The molecule has 0 unspecified atom stereocenters. The number of aliphatic carboxylic acids is 1. The molecule has 0 aromatic carbocycles. The van der Waals surface area contributed by atoms with Gasteiger partial charge in [-0.15, -0.1) is 0 Å². The van der Waals surface area contributed by atoms with Crippen molar-refractivity contribution in [3.8, 4) is 0 Å². The quantitative estimate of drug-likeness (QED) is 0.440. The second-order valence-corrected chi connectivity index (χ2v) is 6.67. The van der Waals surface area contributed by atoms with Gasteiger partial charge in [0.2, 0.25) is 0 Å². The average molecular weight is 350 g/mol. The highest BCUT2D eigenvalue weighted by atomic mass is 16.7. The van der Waals surface area contributed by atoms with Crippen LogP contribution in [-0.2, 0) is 14.3 Å². The number of rotatable bonds is 11. The van der Waals surface area contributed by atoms with Crippen molar-refractivity contribution in [2.75, 3.05) is 0 Å². The Labute approximate surface area is 150 Å². The van der Waals surface area contributed by atoms with Crippen molar-refractivity contribution in [3.05, 3.63) is 36.5 Å². The lowest BCUT2D eigenvalue weighted by molar-refractivity contribution is -0.337. The van der Waals surface area contributed by atoms with E-state index in [1.807, 2.05) is 24.3 Å². The van der Waals surface area contributed by atoms with Crippen LogP contribution in [0.1, 0.15) is 51.9 Å². The fourth-order valence-electron chi connectivity index (χ4n) is 3.16. The van der Waals surface area contributed by atoms with Crippen LogP contribution in [0, 0.1) is 5.92 Å². The predicted molar refractivity (Wildman–Crippen MR) is 96.1 cm³/mol. The third-order valence-corrected chi connectivity index (χ3v) is 4.60. The standard InChI is InChI=1S/C20H30O5/c1-2-3-6-9-15(21)12-13-17-16(18-14-20(24-17)25-18)10-7-4-5-8-11-19(22)23/h3-4,6-7,12-13,15-18,20-21H,2,5,8-11,14H2,1H3,(H,22,23)/b6-3+,7-4-,13-12+/t15-,16+,17+,18-,20+/m0/s1. The number of unbranched alkanes of at least 4 members (excludes halogenated alkanes) is 1. The lowest BCUT2D eigenvalue weighted by Crippen LogP contribution is -2.55. The summed E-state index contributed by atoms with van der Waals surface area (Å²) in [5.74, 6) is -0.504. The number of hydrogen-bond acceptors (Lipinski definition) is 4. The van der Waals surface area contributed by atoms with Gasteiger partial charge in [0.1, 0.15) is 0 Å². The molecule has 0 aliphatic carbocycles. The zero-order chi connectivity index (χ0) is 18.1. The summed E-state index contributed by atoms with van der Waals surface area (Å²) < 4.78 is 11.6. The molecule has 3 fully saturated rings. The fourth-order valence-corrected chi connectivity index (χ4v) is 3.16. The van der Waals surface area contributed by atoms with Crippen molar-refractivity contribution >= 4 is 5.97 Å². The van der Waals surface area contributed by atoms with Gasteiger partial charge in [0.15, 0.2) is 6.29 Å². The molecule has 5 heteroatoms. The minimum Gasteiger partial charge on any atom is -0.481 e. The largest absolute Gasteiger partial charge is 0.481 e. The summed E-state index contributed by atoms with van der Waals surface area (Å²) >= 11 is 0. The SMILES string of the molecule is CC/C=C/C[C@H](O)/C=C/[C@H]1O[C@H]2C[C@H](O2)[C@@H]1C/C=C\CCCC(=O)O. The molecule has 3 rings (SSSR count). The predicted octanol–water partition coefficient (Wildman–Crippen LogP) is 3.59. The van der Waals surface area contributed by atoms with E-state index >= 15 is 0 Å². The maximum Gasteiger partial charge on any atom is 0.303 e. The van der Waals surface area contributed by atoms with E-state index in [0.717, 1.165) is 25.7 Å². The number of ether oxygens (including phenoxy) is 2. The molecule has 0 aromatic rings. The van der Waals surface area contributed by atoms with Crippen LogP contribution in [0.3, 0.4) is 0 Å². The van der Waals surface area contributed by atoms with E-state index in [1.54, 1.807) is 0 Å². The van der Waals surface area contributed by atoms with Gasteiger partial charge in [-0.3, -0.25) is 4.79 Å². The number of carboxylic acids is 1. The number of hydrogen-bond donors (Lipinski definition) is 2. The minimum absolute atomic E-state index is 0.0361. The second-order valence-electron chi connectivity index (χ2n) is 6.67. The van der Waals surface area contributed by atoms with Crippen LogP contribution >= 0.6 is 0 Å². The van der Waals surface area contributed by atoms with Crippen molar-refractivity contribution < 1.29 is 24.5 Å². The van der Waals surface area contributed by atoms with Crippen LogP contribution in [0.2, 0.25) is 0 Å². The highest BCUT2D eigenvalue weighted by Crippen LogP contribution is 2.40. The van der Waals surface area contributed by atoms with Crippen molar-refractivity contribution in [2.45, 2.75) is 76.5 Å². The number of allylic oxidation sites excluding steroid dienone is 3. The monoisotopic (exact) mass is 350 g/mol. The molecule has 3 saturated heterocycles. The zero-order valence-corrected chi connectivity index (χ0v) is 14.9. The number of carbonyl (C=O) groups is 1. The van der Waals surface area contributed by atoms with E-state index in [-0.39, 0.29) is 30.8 Å². The Kier molecular flexibility index (Phi) is 8.38. The third kappa shape index (κ3) is 6.77. The number of fused-ring (bicyclic) bond motifs is 2. The van der Waals surface area contributed by atoms with Crippen molar-refractivity contribution in [2.24, 2.45) is 5.92 Å². The van der Waals surface area contributed by atoms with Gasteiger partial charge < -0.3 is 19.7 Å². The summed E-state index contributed by atoms with van der Waals surface area (Å²) in [4.78, 5) is 10.5. The molecular formula is C20H30O5. The highest BCUT2D eigenvalue weighted by Gasteiger charge is 2.46. The molecule has 0 saturated carbocycles. The first-order valence-corrected chi connectivity index (χ1v) is 9.29. The second kappa shape index (κ2) is 10.5. The third-order valence-electron chi connectivity index (χ3n) is 4.60. The maximum atomic E-state index is 10.5.